The Morgan fingerprint density at radius 3 is 2.50 bits per heavy atom. The van der Waals surface area contributed by atoms with Crippen LogP contribution in [0.4, 0.5) is 5.95 Å². The van der Waals surface area contributed by atoms with Crippen molar-refractivity contribution in [1.82, 2.24) is 14.8 Å². The van der Waals surface area contributed by atoms with Crippen molar-refractivity contribution in [1.29, 1.82) is 0 Å². The first-order valence-corrected chi connectivity index (χ1v) is 7.55. The highest BCUT2D eigenvalue weighted by atomic mass is 32.1. The molecule has 2 fully saturated rings. The SMILES string of the molecule is CCn1c(N2CCC3(CCCC3)CC2)n[nH]c1=S. The zero-order valence-corrected chi connectivity index (χ0v) is 11.9. The number of piperidine rings is 1. The lowest BCUT2D eigenvalue weighted by molar-refractivity contribution is 0.225. The highest BCUT2D eigenvalue weighted by molar-refractivity contribution is 7.71. The van der Waals surface area contributed by atoms with Gasteiger partial charge in [-0.2, -0.15) is 0 Å². The summed E-state index contributed by atoms with van der Waals surface area (Å²) in [6.07, 6.45) is 8.43. The van der Waals surface area contributed by atoms with E-state index in [-0.39, 0.29) is 0 Å². The molecule has 0 radical (unpaired) electrons. The molecular formula is C13H22N4S. The highest BCUT2D eigenvalue weighted by Gasteiger charge is 2.37. The van der Waals surface area contributed by atoms with Gasteiger partial charge in [0.05, 0.1) is 0 Å². The van der Waals surface area contributed by atoms with E-state index in [0.29, 0.717) is 5.41 Å². The molecule has 1 spiro atoms. The molecule has 1 saturated carbocycles. The fraction of sp³-hybridized carbons (Fsp3) is 0.846. The third kappa shape index (κ3) is 1.98. The smallest absolute Gasteiger partial charge is 0.225 e. The molecule has 2 heterocycles. The van der Waals surface area contributed by atoms with Crippen molar-refractivity contribution in [2.24, 2.45) is 5.41 Å². The largest absolute Gasteiger partial charge is 0.341 e. The van der Waals surface area contributed by atoms with Gasteiger partial charge in [-0.1, -0.05) is 12.8 Å². The molecule has 0 amide bonds. The topological polar surface area (TPSA) is 36.9 Å². The molecule has 1 aromatic rings. The van der Waals surface area contributed by atoms with Crippen LogP contribution in [-0.4, -0.2) is 27.9 Å². The number of aromatic amines is 1. The first kappa shape index (κ1) is 12.2. The Labute approximate surface area is 113 Å². The molecule has 2 aliphatic rings. The van der Waals surface area contributed by atoms with E-state index in [1.165, 1.54) is 38.5 Å². The molecule has 1 aliphatic heterocycles. The van der Waals surface area contributed by atoms with Gasteiger partial charge in [0.15, 0.2) is 4.77 Å². The van der Waals surface area contributed by atoms with Gasteiger partial charge in [0, 0.05) is 19.6 Å². The van der Waals surface area contributed by atoms with Crippen molar-refractivity contribution in [2.45, 2.75) is 52.0 Å². The van der Waals surface area contributed by atoms with Crippen LogP contribution in [0.5, 0.6) is 0 Å². The van der Waals surface area contributed by atoms with E-state index in [4.69, 9.17) is 12.2 Å². The second kappa shape index (κ2) is 4.68. The second-order valence-electron chi connectivity index (χ2n) is 5.77. The predicted octanol–water partition coefficient (Wildman–Crippen LogP) is 3.12. The van der Waals surface area contributed by atoms with E-state index in [1.807, 2.05) is 0 Å². The minimum atomic E-state index is 0.667. The molecule has 1 N–H and O–H groups in total. The van der Waals surface area contributed by atoms with Gasteiger partial charge in [-0.3, -0.25) is 4.57 Å². The fourth-order valence-electron chi connectivity index (χ4n) is 3.64. The van der Waals surface area contributed by atoms with E-state index in [1.54, 1.807) is 0 Å². The van der Waals surface area contributed by atoms with Crippen LogP contribution in [-0.2, 0) is 6.54 Å². The maximum atomic E-state index is 5.26. The van der Waals surface area contributed by atoms with Gasteiger partial charge in [-0.05, 0) is 50.2 Å². The van der Waals surface area contributed by atoms with Gasteiger partial charge >= 0.3 is 0 Å². The van der Waals surface area contributed by atoms with Crippen LogP contribution < -0.4 is 4.90 Å². The molecule has 1 aliphatic carbocycles. The van der Waals surface area contributed by atoms with Gasteiger partial charge < -0.3 is 4.90 Å². The number of H-pyrrole nitrogens is 1. The summed E-state index contributed by atoms with van der Waals surface area (Å²) < 4.78 is 2.84. The summed E-state index contributed by atoms with van der Waals surface area (Å²) in [7, 11) is 0. The van der Waals surface area contributed by atoms with Gasteiger partial charge in [0.2, 0.25) is 5.95 Å². The van der Waals surface area contributed by atoms with Crippen LogP contribution in [0.3, 0.4) is 0 Å². The fourth-order valence-corrected chi connectivity index (χ4v) is 3.90. The number of aromatic nitrogens is 3. The third-order valence-corrected chi connectivity index (χ3v) is 5.14. The zero-order valence-electron chi connectivity index (χ0n) is 11.1. The summed E-state index contributed by atoms with van der Waals surface area (Å²) >= 11 is 5.26. The number of hydrogen-bond acceptors (Lipinski definition) is 3. The number of hydrogen-bond donors (Lipinski definition) is 1. The predicted molar refractivity (Wildman–Crippen MR) is 75.4 cm³/mol. The average Bonchev–Trinajstić information content (AvgIpc) is 2.98. The minimum absolute atomic E-state index is 0.667. The van der Waals surface area contributed by atoms with Gasteiger partial charge in [0.1, 0.15) is 0 Å². The summed E-state index contributed by atoms with van der Waals surface area (Å²) in [6.45, 7) is 5.29. The molecule has 0 bridgehead atoms. The quantitative estimate of drug-likeness (QED) is 0.836. The first-order chi connectivity index (χ1) is 8.74. The first-order valence-electron chi connectivity index (χ1n) is 7.14. The molecule has 0 atom stereocenters. The Bertz CT molecular complexity index is 460. The molecule has 18 heavy (non-hydrogen) atoms. The lowest BCUT2D eigenvalue weighted by Crippen LogP contribution is -2.40. The molecule has 1 saturated heterocycles. The van der Waals surface area contributed by atoms with Crippen LogP contribution in [0.25, 0.3) is 0 Å². The second-order valence-corrected chi connectivity index (χ2v) is 6.15. The van der Waals surface area contributed by atoms with Gasteiger partial charge in [0.25, 0.3) is 0 Å². The van der Waals surface area contributed by atoms with E-state index < -0.39 is 0 Å². The summed E-state index contributed by atoms with van der Waals surface area (Å²) in [4.78, 5) is 2.40. The molecule has 0 aromatic carbocycles. The Morgan fingerprint density at radius 2 is 1.89 bits per heavy atom. The standard InChI is InChI=1S/C13H22N4S/c1-2-17-11(14-15-12(17)18)16-9-7-13(8-10-16)5-3-4-6-13/h2-10H2,1H3,(H,15,18). The lowest BCUT2D eigenvalue weighted by atomic mass is 9.77. The molecule has 3 rings (SSSR count). The molecule has 4 nitrogen and oxygen atoms in total. The monoisotopic (exact) mass is 266 g/mol. The Balaban J connectivity index is 1.74. The Hall–Kier alpha value is -0.840. The summed E-state index contributed by atoms with van der Waals surface area (Å²) in [6, 6.07) is 0. The maximum absolute atomic E-state index is 5.26. The summed E-state index contributed by atoms with van der Waals surface area (Å²) in [5.74, 6) is 1.04. The Morgan fingerprint density at radius 1 is 1.22 bits per heavy atom. The van der Waals surface area contributed by atoms with E-state index >= 15 is 0 Å². The van der Waals surface area contributed by atoms with Crippen LogP contribution >= 0.6 is 12.2 Å². The third-order valence-electron chi connectivity index (χ3n) is 4.83. The Kier molecular flexibility index (Phi) is 3.18. The number of anilines is 1. The van der Waals surface area contributed by atoms with Gasteiger partial charge in [-0.25, -0.2) is 5.10 Å². The molecule has 5 heteroatoms. The number of nitrogens with one attached hydrogen (secondary N) is 1. The highest BCUT2D eigenvalue weighted by Crippen LogP contribution is 2.46. The van der Waals surface area contributed by atoms with Crippen molar-refractivity contribution in [3.05, 3.63) is 4.77 Å². The maximum Gasteiger partial charge on any atom is 0.225 e. The van der Waals surface area contributed by atoms with Crippen LogP contribution in [0.2, 0.25) is 0 Å². The van der Waals surface area contributed by atoms with Crippen LogP contribution in [0.15, 0.2) is 0 Å². The van der Waals surface area contributed by atoms with Crippen LogP contribution in [0, 0.1) is 10.2 Å². The normalized spacial score (nSPS) is 22.8. The van der Waals surface area contributed by atoms with Crippen molar-refractivity contribution in [3.8, 4) is 0 Å². The molecule has 1 aromatic heterocycles. The van der Waals surface area contributed by atoms with Crippen molar-refractivity contribution in [2.75, 3.05) is 18.0 Å². The molecule has 100 valence electrons. The van der Waals surface area contributed by atoms with Crippen molar-refractivity contribution >= 4 is 18.2 Å². The number of rotatable bonds is 2. The van der Waals surface area contributed by atoms with Crippen molar-refractivity contribution in [3.63, 3.8) is 0 Å². The zero-order chi connectivity index (χ0) is 12.6. The molecular weight excluding hydrogens is 244 g/mol. The minimum Gasteiger partial charge on any atom is -0.341 e. The van der Waals surface area contributed by atoms with Gasteiger partial charge in [-0.15, -0.1) is 5.10 Å². The molecule has 0 unspecified atom stereocenters. The number of nitrogens with zero attached hydrogens (tertiary/aromatic N) is 3. The lowest BCUT2D eigenvalue weighted by Gasteiger charge is -2.39. The van der Waals surface area contributed by atoms with E-state index in [0.717, 1.165) is 30.4 Å². The average molecular weight is 266 g/mol. The van der Waals surface area contributed by atoms with Crippen molar-refractivity contribution < 1.29 is 0 Å². The van der Waals surface area contributed by atoms with E-state index in [2.05, 4.69) is 26.6 Å². The van der Waals surface area contributed by atoms with Crippen LogP contribution in [0.1, 0.15) is 45.4 Å². The van der Waals surface area contributed by atoms with E-state index in [9.17, 15) is 0 Å². The summed E-state index contributed by atoms with van der Waals surface area (Å²) in [5.41, 5.74) is 0.667. The summed E-state index contributed by atoms with van der Waals surface area (Å²) in [5, 5.41) is 7.32.